The van der Waals surface area contributed by atoms with Gasteiger partial charge in [0.25, 0.3) is 0 Å². The smallest absolute Gasteiger partial charge is 0.0997 e. The third kappa shape index (κ3) is 7.04. The summed E-state index contributed by atoms with van der Waals surface area (Å²) in [6.07, 6.45) is 6.34. The summed E-state index contributed by atoms with van der Waals surface area (Å²) in [7, 11) is 0. The van der Waals surface area contributed by atoms with Crippen molar-refractivity contribution in [2.75, 3.05) is 0 Å². The van der Waals surface area contributed by atoms with E-state index < -0.39 is 0 Å². The largest absolute Gasteiger partial charge is 0.212 e. The molecule has 0 bridgehead atoms. The maximum Gasteiger partial charge on any atom is 0.0997 e. The van der Waals surface area contributed by atoms with Crippen molar-refractivity contribution >= 4 is 0 Å². The van der Waals surface area contributed by atoms with Crippen molar-refractivity contribution in [3.8, 4) is 0 Å². The lowest BCUT2D eigenvalue weighted by atomic mass is 10.2. The number of rotatable bonds is 4. The Hall–Kier alpha value is -0.850. The fourth-order valence-electron chi connectivity index (χ4n) is 0.678. The molecule has 0 aromatic carbocycles. The van der Waals surface area contributed by atoms with Gasteiger partial charge >= 0.3 is 0 Å². The Bertz CT molecular complexity index is 175. The second kappa shape index (κ2) is 5.90. The van der Waals surface area contributed by atoms with Crippen LogP contribution in [0.5, 0.6) is 0 Å². The van der Waals surface area contributed by atoms with Gasteiger partial charge in [-0.3, -0.25) is 0 Å². The molecule has 0 heterocycles. The zero-order chi connectivity index (χ0) is 8.69. The highest BCUT2D eigenvalue weighted by Crippen LogP contribution is 2.05. The first-order chi connectivity index (χ1) is 5.16. The van der Waals surface area contributed by atoms with Crippen LogP contribution in [0.3, 0.4) is 0 Å². The zero-order valence-corrected chi connectivity index (χ0v) is 7.23. The summed E-state index contributed by atoms with van der Waals surface area (Å²) in [6, 6.07) is 0. The molecule has 0 amide bonds. The third-order valence-corrected chi connectivity index (χ3v) is 1.14. The molecule has 0 spiro atoms. The third-order valence-electron chi connectivity index (χ3n) is 1.14. The van der Waals surface area contributed by atoms with E-state index in [1.165, 1.54) is 0 Å². The first-order valence-corrected chi connectivity index (χ1v) is 3.83. The minimum absolute atomic E-state index is 0.0648. The van der Waals surface area contributed by atoms with E-state index >= 15 is 0 Å². The van der Waals surface area contributed by atoms with Crippen LogP contribution in [0, 0.1) is 0 Å². The SMILES string of the molecule is C=C(C)/C=C\C/C(F)=C\CC. The van der Waals surface area contributed by atoms with Crippen molar-refractivity contribution in [2.24, 2.45) is 0 Å². The molecule has 0 aliphatic carbocycles. The Balaban J connectivity index is 3.70. The van der Waals surface area contributed by atoms with E-state index in [4.69, 9.17) is 0 Å². The first-order valence-electron chi connectivity index (χ1n) is 3.83. The lowest BCUT2D eigenvalue weighted by Crippen LogP contribution is -1.70. The minimum Gasteiger partial charge on any atom is -0.212 e. The number of hydrogen-bond donors (Lipinski definition) is 0. The Kier molecular flexibility index (Phi) is 5.44. The normalized spacial score (nSPS) is 12.5. The molecule has 0 fully saturated rings. The minimum atomic E-state index is -0.0648. The summed E-state index contributed by atoms with van der Waals surface area (Å²) in [5, 5.41) is 0. The zero-order valence-electron chi connectivity index (χ0n) is 7.23. The van der Waals surface area contributed by atoms with Gasteiger partial charge < -0.3 is 0 Å². The predicted molar refractivity (Wildman–Crippen MR) is 48.1 cm³/mol. The summed E-state index contributed by atoms with van der Waals surface area (Å²) < 4.78 is 12.6. The fourth-order valence-corrected chi connectivity index (χ4v) is 0.678. The van der Waals surface area contributed by atoms with Crippen LogP contribution in [0.25, 0.3) is 0 Å². The van der Waals surface area contributed by atoms with Crippen molar-refractivity contribution < 1.29 is 4.39 Å². The lowest BCUT2D eigenvalue weighted by Gasteiger charge is -1.89. The summed E-state index contributed by atoms with van der Waals surface area (Å²) in [5.41, 5.74) is 0.953. The molecule has 0 aromatic rings. The van der Waals surface area contributed by atoms with Crippen molar-refractivity contribution in [3.63, 3.8) is 0 Å². The van der Waals surface area contributed by atoms with Gasteiger partial charge in [-0.05, 0) is 13.3 Å². The quantitative estimate of drug-likeness (QED) is 0.541. The molecule has 0 aliphatic rings. The maximum atomic E-state index is 12.6. The molecule has 1 heteroatoms. The van der Waals surface area contributed by atoms with Crippen LogP contribution in [-0.2, 0) is 0 Å². The monoisotopic (exact) mass is 154 g/mol. The van der Waals surface area contributed by atoms with Gasteiger partial charge in [-0.25, -0.2) is 4.39 Å². The second-order valence-electron chi connectivity index (χ2n) is 2.51. The summed E-state index contributed by atoms with van der Waals surface area (Å²) >= 11 is 0. The van der Waals surface area contributed by atoms with Crippen molar-refractivity contribution in [1.82, 2.24) is 0 Å². The maximum absolute atomic E-state index is 12.6. The number of allylic oxidation sites excluding steroid dienone is 5. The number of halogens is 1. The first kappa shape index (κ1) is 10.2. The van der Waals surface area contributed by atoms with Gasteiger partial charge in [-0.2, -0.15) is 0 Å². The molecule has 0 saturated carbocycles. The van der Waals surface area contributed by atoms with E-state index in [0.29, 0.717) is 6.42 Å². The second-order valence-corrected chi connectivity index (χ2v) is 2.51. The molecule has 0 unspecified atom stereocenters. The molecule has 0 radical (unpaired) electrons. The highest BCUT2D eigenvalue weighted by atomic mass is 19.1. The van der Waals surface area contributed by atoms with Crippen LogP contribution < -0.4 is 0 Å². The van der Waals surface area contributed by atoms with Gasteiger partial charge in [0.1, 0.15) is 0 Å². The molecule has 11 heavy (non-hydrogen) atoms. The molecular formula is C10H15F. The van der Waals surface area contributed by atoms with Crippen molar-refractivity contribution in [1.29, 1.82) is 0 Å². The molecule has 62 valence electrons. The van der Waals surface area contributed by atoms with E-state index in [9.17, 15) is 4.39 Å². The predicted octanol–water partition coefficient (Wildman–Crippen LogP) is 3.77. The Labute approximate surface area is 68.1 Å². The van der Waals surface area contributed by atoms with Gasteiger partial charge in [0.15, 0.2) is 0 Å². The molecule has 0 saturated heterocycles. The topological polar surface area (TPSA) is 0 Å². The van der Waals surface area contributed by atoms with Gasteiger partial charge in [0.05, 0.1) is 5.83 Å². The van der Waals surface area contributed by atoms with Gasteiger partial charge in [-0.1, -0.05) is 37.3 Å². The molecule has 0 aliphatic heterocycles. The van der Waals surface area contributed by atoms with Crippen LogP contribution in [0.15, 0.2) is 36.2 Å². The van der Waals surface area contributed by atoms with Crippen molar-refractivity contribution in [3.05, 3.63) is 36.2 Å². The molecule has 0 N–H and O–H groups in total. The van der Waals surface area contributed by atoms with Gasteiger partial charge in [0, 0.05) is 6.42 Å². The van der Waals surface area contributed by atoms with Crippen LogP contribution in [0.4, 0.5) is 4.39 Å². The van der Waals surface area contributed by atoms with Gasteiger partial charge in [-0.15, -0.1) is 0 Å². The highest BCUT2D eigenvalue weighted by Gasteiger charge is 1.87. The fraction of sp³-hybridized carbons (Fsp3) is 0.400. The Morgan fingerprint density at radius 1 is 1.55 bits per heavy atom. The van der Waals surface area contributed by atoms with Crippen molar-refractivity contribution in [2.45, 2.75) is 26.7 Å². The van der Waals surface area contributed by atoms with Gasteiger partial charge in [0.2, 0.25) is 0 Å². The standard InChI is InChI=1S/C10H15F/c1-4-6-10(11)8-5-7-9(2)3/h5-7H,2,4,8H2,1,3H3/b7-5-,10-6+. The number of hydrogen-bond acceptors (Lipinski definition) is 0. The van der Waals surface area contributed by atoms with E-state index in [1.807, 2.05) is 19.9 Å². The molecule has 0 aromatic heterocycles. The lowest BCUT2D eigenvalue weighted by molar-refractivity contribution is 0.612. The summed E-state index contributed by atoms with van der Waals surface area (Å²) in [4.78, 5) is 0. The Morgan fingerprint density at radius 3 is 2.64 bits per heavy atom. The summed E-state index contributed by atoms with van der Waals surface area (Å²) in [5.74, 6) is -0.0648. The molecule has 0 nitrogen and oxygen atoms in total. The van der Waals surface area contributed by atoms with Crippen LogP contribution in [-0.4, -0.2) is 0 Å². The average Bonchev–Trinajstić information content (AvgIpc) is 1.87. The van der Waals surface area contributed by atoms with Crippen LogP contribution in [0.1, 0.15) is 26.7 Å². The summed E-state index contributed by atoms with van der Waals surface area (Å²) in [6.45, 7) is 7.47. The van der Waals surface area contributed by atoms with E-state index in [1.54, 1.807) is 12.2 Å². The van der Waals surface area contributed by atoms with Crippen LogP contribution >= 0.6 is 0 Å². The molecule has 0 atom stereocenters. The molecule has 0 rings (SSSR count). The van der Waals surface area contributed by atoms with Crippen LogP contribution in [0.2, 0.25) is 0 Å². The molecular weight excluding hydrogens is 139 g/mol. The van der Waals surface area contributed by atoms with E-state index in [2.05, 4.69) is 6.58 Å². The van der Waals surface area contributed by atoms with E-state index in [0.717, 1.165) is 12.0 Å². The Morgan fingerprint density at radius 2 is 2.18 bits per heavy atom. The highest BCUT2D eigenvalue weighted by molar-refractivity contribution is 5.13. The average molecular weight is 154 g/mol. The van der Waals surface area contributed by atoms with E-state index in [-0.39, 0.29) is 5.83 Å².